The average molecular weight is 220 g/mol. The summed E-state index contributed by atoms with van der Waals surface area (Å²) >= 11 is 0. The van der Waals surface area contributed by atoms with E-state index in [9.17, 15) is 0 Å². The zero-order valence-electron chi connectivity index (χ0n) is 11.0. The van der Waals surface area contributed by atoms with E-state index in [1.54, 1.807) is 0 Å². The van der Waals surface area contributed by atoms with Gasteiger partial charge < -0.3 is 9.31 Å². The predicted molar refractivity (Wildman–Crippen MR) is 67.2 cm³/mol. The monoisotopic (exact) mass is 220 g/mol. The fourth-order valence-electron chi connectivity index (χ4n) is 2.07. The fraction of sp³-hybridized carbons (Fsp3) is 0.692. The molecule has 0 saturated carbocycles. The maximum atomic E-state index is 6.03. The van der Waals surface area contributed by atoms with Crippen LogP contribution < -0.4 is 0 Å². The van der Waals surface area contributed by atoms with Gasteiger partial charge in [-0.1, -0.05) is 17.7 Å². The Labute approximate surface area is 98.8 Å². The van der Waals surface area contributed by atoms with E-state index < -0.39 is 0 Å². The molecule has 88 valence electrons. The second kappa shape index (κ2) is 3.74. The minimum absolute atomic E-state index is 0.159. The summed E-state index contributed by atoms with van der Waals surface area (Å²) in [6, 6.07) is 0. The minimum Gasteiger partial charge on any atom is -0.400 e. The summed E-state index contributed by atoms with van der Waals surface area (Å²) in [5, 5.41) is 0. The normalized spacial score (nSPS) is 27.7. The van der Waals surface area contributed by atoms with Gasteiger partial charge in [-0.3, -0.25) is 0 Å². The topological polar surface area (TPSA) is 18.5 Å². The average Bonchev–Trinajstić information content (AvgIpc) is 2.36. The lowest BCUT2D eigenvalue weighted by Gasteiger charge is -2.32. The van der Waals surface area contributed by atoms with E-state index in [4.69, 9.17) is 9.31 Å². The lowest BCUT2D eigenvalue weighted by molar-refractivity contribution is 0.00578. The zero-order valence-corrected chi connectivity index (χ0v) is 11.0. The molecule has 0 aromatic heterocycles. The molecule has 16 heavy (non-hydrogen) atoms. The van der Waals surface area contributed by atoms with Gasteiger partial charge in [0.2, 0.25) is 0 Å². The molecule has 0 amide bonds. The third kappa shape index (κ3) is 1.98. The van der Waals surface area contributed by atoms with Crippen molar-refractivity contribution in [3.8, 4) is 0 Å². The number of rotatable bonds is 1. The molecule has 0 radical (unpaired) electrons. The van der Waals surface area contributed by atoms with Crippen LogP contribution in [-0.2, 0) is 9.31 Å². The van der Waals surface area contributed by atoms with Crippen molar-refractivity contribution in [2.24, 2.45) is 0 Å². The van der Waals surface area contributed by atoms with Gasteiger partial charge >= 0.3 is 7.12 Å². The van der Waals surface area contributed by atoms with Crippen molar-refractivity contribution in [1.82, 2.24) is 0 Å². The number of hydrogen-bond acceptors (Lipinski definition) is 2. The summed E-state index contributed by atoms with van der Waals surface area (Å²) in [6.07, 6.45) is 6.61. The summed E-state index contributed by atoms with van der Waals surface area (Å²) in [7, 11) is -0.159. The molecule has 3 heteroatoms. The maximum Gasteiger partial charge on any atom is 0.490 e. The Morgan fingerprint density at radius 1 is 1.12 bits per heavy atom. The third-order valence-electron chi connectivity index (χ3n) is 3.87. The fourth-order valence-corrected chi connectivity index (χ4v) is 2.07. The summed E-state index contributed by atoms with van der Waals surface area (Å²) in [5.74, 6) is 0. The second-order valence-electron chi connectivity index (χ2n) is 5.79. The molecule has 2 rings (SSSR count). The van der Waals surface area contributed by atoms with Gasteiger partial charge in [-0.25, -0.2) is 0 Å². The summed E-state index contributed by atoms with van der Waals surface area (Å²) in [6.45, 7) is 10.5. The van der Waals surface area contributed by atoms with Gasteiger partial charge in [0.05, 0.1) is 11.2 Å². The van der Waals surface area contributed by atoms with E-state index in [0.717, 1.165) is 12.8 Å². The summed E-state index contributed by atoms with van der Waals surface area (Å²) in [5.41, 5.74) is 2.14. The lowest BCUT2D eigenvalue weighted by Crippen LogP contribution is -2.41. The Hall–Kier alpha value is -0.535. The molecule has 0 N–H and O–H groups in total. The molecule has 0 atom stereocenters. The van der Waals surface area contributed by atoms with Crippen molar-refractivity contribution in [1.29, 1.82) is 0 Å². The lowest BCUT2D eigenvalue weighted by atomic mass is 9.73. The number of hydrogen-bond donors (Lipinski definition) is 0. The van der Waals surface area contributed by atoms with Crippen LogP contribution in [0, 0.1) is 0 Å². The van der Waals surface area contributed by atoms with E-state index in [0.29, 0.717) is 0 Å². The Balaban J connectivity index is 2.18. The van der Waals surface area contributed by atoms with Crippen LogP contribution in [0.5, 0.6) is 0 Å². The van der Waals surface area contributed by atoms with E-state index in [1.165, 1.54) is 11.0 Å². The molecule has 1 fully saturated rings. The molecule has 1 aliphatic heterocycles. The summed E-state index contributed by atoms with van der Waals surface area (Å²) < 4.78 is 12.1. The van der Waals surface area contributed by atoms with Crippen molar-refractivity contribution in [2.45, 2.75) is 58.7 Å². The van der Waals surface area contributed by atoms with Crippen LogP contribution in [0.25, 0.3) is 0 Å². The number of allylic oxidation sites excluding steroid dienone is 4. The van der Waals surface area contributed by atoms with Crippen molar-refractivity contribution in [2.75, 3.05) is 0 Å². The molecule has 1 heterocycles. The molecule has 0 aromatic rings. The Kier molecular flexibility index (Phi) is 2.79. The second-order valence-corrected chi connectivity index (χ2v) is 5.79. The van der Waals surface area contributed by atoms with Crippen LogP contribution in [0.3, 0.4) is 0 Å². The van der Waals surface area contributed by atoms with E-state index >= 15 is 0 Å². The van der Waals surface area contributed by atoms with Crippen LogP contribution in [0.2, 0.25) is 0 Å². The van der Waals surface area contributed by atoms with Gasteiger partial charge in [-0.15, -0.1) is 0 Å². The molecule has 0 spiro atoms. The molecule has 2 aliphatic rings. The first-order valence-electron chi connectivity index (χ1n) is 6.05. The molecule has 0 aromatic carbocycles. The van der Waals surface area contributed by atoms with E-state index in [-0.39, 0.29) is 18.3 Å². The molecule has 2 nitrogen and oxygen atoms in total. The van der Waals surface area contributed by atoms with Crippen molar-refractivity contribution in [3.63, 3.8) is 0 Å². The quantitative estimate of drug-likeness (QED) is 0.631. The highest BCUT2D eigenvalue weighted by Gasteiger charge is 2.52. The van der Waals surface area contributed by atoms with Gasteiger partial charge in [0.25, 0.3) is 0 Å². The van der Waals surface area contributed by atoms with Crippen LogP contribution in [0.1, 0.15) is 47.5 Å². The van der Waals surface area contributed by atoms with Crippen LogP contribution >= 0.6 is 0 Å². The van der Waals surface area contributed by atoms with E-state index in [1.807, 2.05) is 0 Å². The molecule has 0 unspecified atom stereocenters. The smallest absolute Gasteiger partial charge is 0.400 e. The predicted octanol–water partition coefficient (Wildman–Crippen LogP) is 3.28. The first-order valence-corrected chi connectivity index (χ1v) is 6.05. The van der Waals surface area contributed by atoms with Crippen LogP contribution in [0.4, 0.5) is 0 Å². The van der Waals surface area contributed by atoms with Crippen molar-refractivity contribution in [3.05, 3.63) is 23.2 Å². The molecular formula is C13H21BO2. The standard InChI is InChI=1S/C13H21BO2/c1-10-7-6-8-11(9-10)14-15-12(2,3)13(4,5)16-14/h7,9H,6,8H2,1-5H3. The molecule has 0 bridgehead atoms. The molecular weight excluding hydrogens is 199 g/mol. The zero-order chi connectivity index (χ0) is 12.0. The first kappa shape index (κ1) is 11.9. The van der Waals surface area contributed by atoms with Crippen LogP contribution in [-0.4, -0.2) is 18.3 Å². The van der Waals surface area contributed by atoms with E-state index in [2.05, 4.69) is 46.8 Å². The SMILES string of the molecule is CC1=CCCC(B2OC(C)(C)C(C)(C)O2)=C1. The molecule has 1 saturated heterocycles. The highest BCUT2D eigenvalue weighted by atomic mass is 16.7. The molecule has 1 aliphatic carbocycles. The largest absolute Gasteiger partial charge is 0.490 e. The first-order chi connectivity index (χ1) is 7.32. The van der Waals surface area contributed by atoms with Gasteiger partial charge in [0, 0.05) is 0 Å². The van der Waals surface area contributed by atoms with Gasteiger partial charge in [-0.05, 0) is 52.9 Å². The van der Waals surface area contributed by atoms with Gasteiger partial charge in [-0.2, -0.15) is 0 Å². The summed E-state index contributed by atoms with van der Waals surface area (Å²) in [4.78, 5) is 0. The Morgan fingerprint density at radius 3 is 2.19 bits per heavy atom. The highest BCUT2D eigenvalue weighted by Crippen LogP contribution is 2.39. The van der Waals surface area contributed by atoms with Crippen LogP contribution in [0.15, 0.2) is 23.2 Å². The maximum absolute atomic E-state index is 6.03. The van der Waals surface area contributed by atoms with Crippen molar-refractivity contribution < 1.29 is 9.31 Å². The van der Waals surface area contributed by atoms with Gasteiger partial charge in [0.15, 0.2) is 0 Å². The highest BCUT2D eigenvalue weighted by molar-refractivity contribution is 6.54. The minimum atomic E-state index is -0.229. The third-order valence-corrected chi connectivity index (χ3v) is 3.87. The Morgan fingerprint density at radius 2 is 1.69 bits per heavy atom. The Bertz CT molecular complexity index is 337. The van der Waals surface area contributed by atoms with Gasteiger partial charge in [0.1, 0.15) is 0 Å². The van der Waals surface area contributed by atoms with Crippen molar-refractivity contribution >= 4 is 7.12 Å².